The maximum Gasteiger partial charge on any atom is 0.255 e. The fraction of sp³-hybridized carbons (Fsp3) is 0.333. The Balaban J connectivity index is 1.71. The molecule has 1 aliphatic rings. The van der Waals surface area contributed by atoms with Crippen LogP contribution in [0.15, 0.2) is 48.5 Å². The van der Waals surface area contributed by atoms with Gasteiger partial charge in [-0.05, 0) is 55.2 Å². The van der Waals surface area contributed by atoms with Crippen LogP contribution in [-0.4, -0.2) is 18.4 Å². The summed E-state index contributed by atoms with van der Waals surface area (Å²) in [5, 5.41) is 2.93. The number of hydrogen-bond donors (Lipinski definition) is 1. The first-order valence-corrected chi connectivity index (χ1v) is 8.98. The molecule has 0 radical (unpaired) electrons. The number of carbonyl (C=O) groups is 2. The summed E-state index contributed by atoms with van der Waals surface area (Å²) in [6, 6.07) is 15.2. The second-order valence-corrected chi connectivity index (χ2v) is 6.45. The standard InChI is InChI=1S/C21H24N2O2/c1-2-6-16-10-12-17(13-11-16)21(25)22-18-7-5-8-19(15-18)23-14-4-3-9-20(23)24/h5,7-8,10-13,15H,2-4,6,9,14H2,1H3,(H,22,25). The largest absolute Gasteiger partial charge is 0.322 e. The van der Waals surface area contributed by atoms with Crippen LogP contribution in [0, 0.1) is 0 Å². The summed E-state index contributed by atoms with van der Waals surface area (Å²) >= 11 is 0. The zero-order valence-electron chi connectivity index (χ0n) is 14.6. The van der Waals surface area contributed by atoms with E-state index in [-0.39, 0.29) is 11.8 Å². The molecule has 0 bridgehead atoms. The SMILES string of the molecule is CCCc1ccc(C(=O)Nc2cccc(N3CCCCC3=O)c2)cc1. The van der Waals surface area contributed by atoms with Crippen LogP contribution in [0.4, 0.5) is 11.4 Å². The van der Waals surface area contributed by atoms with Crippen molar-refractivity contribution in [1.82, 2.24) is 0 Å². The Bertz CT molecular complexity index is 753. The van der Waals surface area contributed by atoms with Crippen LogP contribution in [0.5, 0.6) is 0 Å². The first kappa shape index (κ1) is 17.2. The molecule has 0 aliphatic carbocycles. The van der Waals surface area contributed by atoms with E-state index in [1.165, 1.54) is 5.56 Å². The molecule has 4 nitrogen and oxygen atoms in total. The van der Waals surface area contributed by atoms with Crippen LogP contribution >= 0.6 is 0 Å². The molecule has 2 aromatic rings. The monoisotopic (exact) mass is 336 g/mol. The van der Waals surface area contributed by atoms with E-state index in [2.05, 4.69) is 12.2 Å². The first-order chi connectivity index (χ1) is 12.2. The van der Waals surface area contributed by atoms with Crippen LogP contribution in [-0.2, 0) is 11.2 Å². The molecule has 2 amide bonds. The van der Waals surface area contributed by atoms with Gasteiger partial charge in [-0.15, -0.1) is 0 Å². The van der Waals surface area contributed by atoms with Gasteiger partial charge in [0, 0.05) is 29.9 Å². The fourth-order valence-corrected chi connectivity index (χ4v) is 3.15. The van der Waals surface area contributed by atoms with Crippen molar-refractivity contribution in [3.8, 4) is 0 Å². The molecule has 4 heteroatoms. The minimum absolute atomic E-state index is 0.134. The van der Waals surface area contributed by atoms with Gasteiger partial charge in [0.25, 0.3) is 5.91 Å². The molecule has 130 valence electrons. The number of anilines is 2. The third kappa shape index (κ3) is 4.27. The Hall–Kier alpha value is -2.62. The van der Waals surface area contributed by atoms with Crippen LogP contribution < -0.4 is 10.2 Å². The lowest BCUT2D eigenvalue weighted by atomic mass is 10.1. The lowest BCUT2D eigenvalue weighted by Gasteiger charge is -2.27. The van der Waals surface area contributed by atoms with Crippen molar-refractivity contribution >= 4 is 23.2 Å². The number of nitrogens with zero attached hydrogens (tertiary/aromatic N) is 1. The fourth-order valence-electron chi connectivity index (χ4n) is 3.15. The Labute approximate surface area is 148 Å². The predicted molar refractivity (Wildman–Crippen MR) is 101 cm³/mol. The lowest BCUT2D eigenvalue weighted by molar-refractivity contribution is -0.119. The van der Waals surface area contributed by atoms with E-state index in [9.17, 15) is 9.59 Å². The molecule has 1 aliphatic heterocycles. The maximum atomic E-state index is 12.4. The van der Waals surface area contributed by atoms with Crippen molar-refractivity contribution in [2.75, 3.05) is 16.8 Å². The molecule has 0 unspecified atom stereocenters. The number of aryl methyl sites for hydroxylation is 1. The molecule has 1 saturated heterocycles. The summed E-state index contributed by atoms with van der Waals surface area (Å²) in [6.45, 7) is 2.88. The smallest absolute Gasteiger partial charge is 0.255 e. The van der Waals surface area contributed by atoms with E-state index in [1.807, 2.05) is 48.5 Å². The quantitative estimate of drug-likeness (QED) is 0.879. The van der Waals surface area contributed by atoms with Crippen molar-refractivity contribution < 1.29 is 9.59 Å². The lowest BCUT2D eigenvalue weighted by Crippen LogP contribution is -2.35. The topological polar surface area (TPSA) is 49.4 Å². The molecule has 1 N–H and O–H groups in total. The van der Waals surface area contributed by atoms with Gasteiger partial charge in [-0.2, -0.15) is 0 Å². The van der Waals surface area contributed by atoms with Crippen molar-refractivity contribution in [3.63, 3.8) is 0 Å². The normalized spacial score (nSPS) is 14.4. The summed E-state index contributed by atoms with van der Waals surface area (Å²) < 4.78 is 0. The summed E-state index contributed by atoms with van der Waals surface area (Å²) in [7, 11) is 0. The van der Waals surface area contributed by atoms with E-state index in [0.717, 1.165) is 37.9 Å². The van der Waals surface area contributed by atoms with Gasteiger partial charge in [0.1, 0.15) is 0 Å². The molecular formula is C21H24N2O2. The van der Waals surface area contributed by atoms with Crippen molar-refractivity contribution in [2.24, 2.45) is 0 Å². The highest BCUT2D eigenvalue weighted by Gasteiger charge is 2.19. The molecule has 0 saturated carbocycles. The predicted octanol–water partition coefficient (Wildman–Crippen LogP) is 4.41. The Morgan fingerprint density at radius 2 is 1.92 bits per heavy atom. The molecular weight excluding hydrogens is 312 g/mol. The number of nitrogens with one attached hydrogen (secondary N) is 1. The van der Waals surface area contributed by atoms with E-state index in [0.29, 0.717) is 17.7 Å². The number of carbonyl (C=O) groups excluding carboxylic acids is 2. The number of piperidine rings is 1. The molecule has 2 aromatic carbocycles. The summed E-state index contributed by atoms with van der Waals surface area (Å²) in [4.78, 5) is 26.3. The van der Waals surface area contributed by atoms with Crippen LogP contribution in [0.3, 0.4) is 0 Å². The van der Waals surface area contributed by atoms with E-state index >= 15 is 0 Å². The molecule has 1 heterocycles. The second kappa shape index (κ2) is 7.97. The summed E-state index contributed by atoms with van der Waals surface area (Å²) in [5.41, 5.74) is 3.43. The number of hydrogen-bond acceptors (Lipinski definition) is 2. The number of rotatable bonds is 5. The highest BCUT2D eigenvalue weighted by molar-refractivity contribution is 6.04. The highest BCUT2D eigenvalue weighted by Crippen LogP contribution is 2.24. The van der Waals surface area contributed by atoms with Gasteiger partial charge in [-0.25, -0.2) is 0 Å². The van der Waals surface area contributed by atoms with Gasteiger partial charge >= 0.3 is 0 Å². The van der Waals surface area contributed by atoms with E-state index in [1.54, 1.807) is 4.90 Å². The van der Waals surface area contributed by atoms with Gasteiger partial charge in [0.15, 0.2) is 0 Å². The average Bonchev–Trinajstić information content (AvgIpc) is 2.63. The van der Waals surface area contributed by atoms with Gasteiger partial charge in [0.05, 0.1) is 0 Å². The second-order valence-electron chi connectivity index (χ2n) is 6.45. The van der Waals surface area contributed by atoms with Gasteiger partial charge < -0.3 is 10.2 Å². The first-order valence-electron chi connectivity index (χ1n) is 8.98. The number of amides is 2. The third-order valence-electron chi connectivity index (χ3n) is 4.49. The van der Waals surface area contributed by atoms with Crippen LogP contribution in [0.2, 0.25) is 0 Å². The van der Waals surface area contributed by atoms with Crippen molar-refractivity contribution in [3.05, 3.63) is 59.7 Å². The molecule has 0 atom stereocenters. The molecule has 25 heavy (non-hydrogen) atoms. The van der Waals surface area contributed by atoms with Crippen LogP contribution in [0.1, 0.15) is 48.5 Å². The Kier molecular flexibility index (Phi) is 5.49. The van der Waals surface area contributed by atoms with Gasteiger partial charge in [0.2, 0.25) is 5.91 Å². The Morgan fingerprint density at radius 3 is 2.64 bits per heavy atom. The summed E-state index contributed by atoms with van der Waals surface area (Å²) in [5.74, 6) is 0.0198. The van der Waals surface area contributed by atoms with Crippen molar-refractivity contribution in [2.45, 2.75) is 39.0 Å². The molecule has 3 rings (SSSR count). The van der Waals surface area contributed by atoms with Gasteiger partial charge in [-0.3, -0.25) is 9.59 Å². The molecule has 0 spiro atoms. The minimum Gasteiger partial charge on any atom is -0.322 e. The zero-order chi connectivity index (χ0) is 17.6. The van der Waals surface area contributed by atoms with E-state index < -0.39 is 0 Å². The van der Waals surface area contributed by atoms with Gasteiger partial charge in [-0.1, -0.05) is 31.5 Å². The maximum absolute atomic E-state index is 12.4. The Morgan fingerprint density at radius 1 is 1.12 bits per heavy atom. The zero-order valence-corrected chi connectivity index (χ0v) is 14.6. The molecule has 1 fully saturated rings. The van der Waals surface area contributed by atoms with E-state index in [4.69, 9.17) is 0 Å². The summed E-state index contributed by atoms with van der Waals surface area (Å²) in [6.07, 6.45) is 4.69. The average molecular weight is 336 g/mol. The van der Waals surface area contributed by atoms with Crippen molar-refractivity contribution in [1.29, 1.82) is 0 Å². The molecule has 0 aromatic heterocycles. The minimum atomic E-state index is -0.134. The number of benzene rings is 2. The third-order valence-corrected chi connectivity index (χ3v) is 4.49. The highest BCUT2D eigenvalue weighted by atomic mass is 16.2. The van der Waals surface area contributed by atoms with Crippen LogP contribution in [0.25, 0.3) is 0 Å².